The molecular weight excluding hydrogens is 332 g/mol. The molecule has 0 saturated carbocycles. The zero-order chi connectivity index (χ0) is 21.8. The number of hydrogen-bond acceptors (Lipinski definition) is 5. The fourth-order valence-corrected chi connectivity index (χ4v) is 2.91. The highest BCUT2D eigenvalue weighted by molar-refractivity contribution is 5.14. The molecule has 26 heavy (non-hydrogen) atoms. The van der Waals surface area contributed by atoms with Gasteiger partial charge in [0, 0.05) is 7.04 Å². The predicted octanol–water partition coefficient (Wildman–Crippen LogP) is 2.91. The van der Waals surface area contributed by atoms with Gasteiger partial charge in [-0.2, -0.15) is 0 Å². The van der Waals surface area contributed by atoms with Crippen molar-refractivity contribution in [3.05, 3.63) is 71.8 Å². The van der Waals surface area contributed by atoms with Crippen molar-refractivity contribution >= 4 is 0 Å². The molecule has 3 rings (SSSR count). The summed E-state index contributed by atoms with van der Waals surface area (Å²) in [5, 5.41) is 10.9. The van der Waals surface area contributed by atoms with Gasteiger partial charge in [0.25, 0.3) is 0 Å². The SMILES string of the molecule is [2H]C([2H])([2H])O[C@@H]1O[C@@H](C)[C@H](OCc2ccccc2)[C@@H](OCc2ccccc2)[C@@]1([2H])O. The van der Waals surface area contributed by atoms with E-state index in [0.29, 0.717) is 0 Å². The summed E-state index contributed by atoms with van der Waals surface area (Å²) in [5.41, 5.74) is 1.74. The maximum atomic E-state index is 10.9. The summed E-state index contributed by atoms with van der Waals surface area (Å²) in [4.78, 5) is 0. The Bertz CT molecular complexity index is 785. The van der Waals surface area contributed by atoms with Gasteiger partial charge in [-0.15, -0.1) is 0 Å². The van der Waals surface area contributed by atoms with Gasteiger partial charge in [-0.05, 0) is 18.1 Å². The minimum atomic E-state index is -2.85. The first-order valence-corrected chi connectivity index (χ1v) is 8.53. The first kappa shape index (κ1) is 14.3. The summed E-state index contributed by atoms with van der Waals surface area (Å²) >= 11 is 0. The van der Waals surface area contributed by atoms with E-state index in [1.165, 1.54) is 0 Å². The van der Waals surface area contributed by atoms with Crippen molar-refractivity contribution < 1.29 is 29.5 Å². The van der Waals surface area contributed by atoms with Crippen molar-refractivity contribution in [2.45, 2.75) is 50.8 Å². The summed E-state index contributed by atoms with van der Waals surface area (Å²) in [6.07, 6.45) is -6.95. The molecule has 140 valence electrons. The molecule has 0 aromatic heterocycles. The predicted molar refractivity (Wildman–Crippen MR) is 97.4 cm³/mol. The second kappa shape index (κ2) is 9.26. The molecule has 1 aliphatic rings. The third kappa shape index (κ3) is 4.69. The minimum absolute atomic E-state index is 0.102. The highest BCUT2D eigenvalue weighted by atomic mass is 16.7. The van der Waals surface area contributed by atoms with E-state index in [4.69, 9.17) is 24.4 Å². The average molecular weight is 362 g/mol. The maximum Gasteiger partial charge on any atom is 0.186 e. The van der Waals surface area contributed by atoms with Crippen LogP contribution in [0.15, 0.2) is 60.7 Å². The van der Waals surface area contributed by atoms with Crippen LogP contribution in [0.2, 0.25) is 0 Å². The van der Waals surface area contributed by atoms with Gasteiger partial charge in [0.15, 0.2) is 6.29 Å². The van der Waals surface area contributed by atoms with Crippen LogP contribution in [0, 0.1) is 0 Å². The standard InChI is InChI=1S/C21H26O5/c1-15-19(24-13-16-9-5-3-6-10-16)20(18(22)21(23-2)26-15)25-14-17-11-7-4-8-12-17/h3-12,15,18-22H,13-14H2,1-2H3/t15-,18+,19-,20-,21+/m0/s1/i2D3,18D. The van der Waals surface area contributed by atoms with Crippen molar-refractivity contribution in [2.24, 2.45) is 0 Å². The van der Waals surface area contributed by atoms with Gasteiger partial charge >= 0.3 is 0 Å². The second-order valence-corrected chi connectivity index (χ2v) is 6.19. The fraction of sp³-hybridized carbons (Fsp3) is 0.429. The van der Waals surface area contributed by atoms with Crippen molar-refractivity contribution in [2.75, 3.05) is 7.04 Å². The van der Waals surface area contributed by atoms with E-state index in [0.717, 1.165) is 11.1 Å². The Balaban J connectivity index is 1.80. The maximum absolute atomic E-state index is 10.9. The zero-order valence-electron chi connectivity index (χ0n) is 18.6. The number of ether oxygens (including phenoxy) is 4. The molecule has 5 nitrogen and oxygen atoms in total. The van der Waals surface area contributed by atoms with Crippen LogP contribution in [-0.2, 0) is 32.2 Å². The van der Waals surface area contributed by atoms with E-state index < -0.39 is 37.7 Å². The van der Waals surface area contributed by atoms with Crippen LogP contribution < -0.4 is 0 Å². The van der Waals surface area contributed by atoms with E-state index in [1.54, 1.807) is 6.92 Å². The second-order valence-electron chi connectivity index (χ2n) is 6.19. The minimum Gasteiger partial charge on any atom is -0.385 e. The summed E-state index contributed by atoms with van der Waals surface area (Å²) in [7, 11) is -2.85. The summed E-state index contributed by atoms with van der Waals surface area (Å²) in [5.74, 6) is 0. The largest absolute Gasteiger partial charge is 0.385 e. The van der Waals surface area contributed by atoms with E-state index in [1.807, 2.05) is 60.7 Å². The highest BCUT2D eigenvalue weighted by Gasteiger charge is 2.45. The Labute approximate surface area is 160 Å². The van der Waals surface area contributed by atoms with E-state index >= 15 is 0 Å². The molecule has 1 saturated heterocycles. The van der Waals surface area contributed by atoms with Crippen molar-refractivity contribution in [1.29, 1.82) is 0 Å². The van der Waals surface area contributed by atoms with Crippen LogP contribution in [0.4, 0.5) is 0 Å². The van der Waals surface area contributed by atoms with Crippen LogP contribution in [0.1, 0.15) is 23.5 Å². The molecule has 0 unspecified atom stereocenters. The van der Waals surface area contributed by atoms with Gasteiger partial charge in [0.1, 0.15) is 18.3 Å². The lowest BCUT2D eigenvalue weighted by Crippen LogP contribution is -2.58. The molecule has 5 heteroatoms. The number of benzene rings is 2. The molecule has 0 amide bonds. The Morgan fingerprint density at radius 2 is 1.50 bits per heavy atom. The van der Waals surface area contributed by atoms with Crippen molar-refractivity contribution in [3.63, 3.8) is 0 Å². The molecule has 0 spiro atoms. The van der Waals surface area contributed by atoms with E-state index in [-0.39, 0.29) is 13.2 Å². The Morgan fingerprint density at radius 3 is 2.04 bits per heavy atom. The molecule has 2 aromatic rings. The number of hydrogen-bond donors (Lipinski definition) is 1. The van der Waals surface area contributed by atoms with Crippen LogP contribution in [0.3, 0.4) is 0 Å². The lowest BCUT2D eigenvalue weighted by molar-refractivity contribution is -0.303. The summed E-state index contributed by atoms with van der Waals surface area (Å²) in [6, 6.07) is 18.7. The highest BCUT2D eigenvalue weighted by Crippen LogP contribution is 2.27. The molecule has 5 atom stereocenters. The van der Waals surface area contributed by atoms with E-state index in [2.05, 4.69) is 0 Å². The van der Waals surface area contributed by atoms with Crippen LogP contribution in [0.25, 0.3) is 0 Å². The molecule has 1 aliphatic heterocycles. The molecule has 0 bridgehead atoms. The van der Waals surface area contributed by atoms with Gasteiger partial charge in [-0.25, -0.2) is 0 Å². The fourth-order valence-electron chi connectivity index (χ4n) is 2.91. The topological polar surface area (TPSA) is 57.2 Å². The number of methoxy groups -OCH3 is 1. The number of rotatable bonds is 7. The van der Waals surface area contributed by atoms with E-state index in [9.17, 15) is 5.11 Å². The third-order valence-corrected chi connectivity index (χ3v) is 4.30. The normalized spacial score (nSPS) is 34.4. The Kier molecular flexibility index (Phi) is 5.10. The monoisotopic (exact) mass is 362 g/mol. The van der Waals surface area contributed by atoms with Crippen LogP contribution in [-0.4, -0.2) is 42.8 Å². The Hall–Kier alpha value is -1.76. The van der Waals surface area contributed by atoms with Crippen LogP contribution >= 0.6 is 0 Å². The molecule has 0 radical (unpaired) electrons. The molecule has 1 heterocycles. The van der Waals surface area contributed by atoms with Crippen LogP contribution in [0.5, 0.6) is 0 Å². The average Bonchev–Trinajstić information content (AvgIpc) is 2.69. The first-order chi connectivity index (χ1) is 14.2. The molecule has 2 aromatic carbocycles. The quantitative estimate of drug-likeness (QED) is 0.821. The van der Waals surface area contributed by atoms with Gasteiger partial charge < -0.3 is 24.1 Å². The number of aliphatic hydroxyl groups is 1. The van der Waals surface area contributed by atoms with Gasteiger partial charge in [-0.1, -0.05) is 60.7 Å². The first-order valence-electron chi connectivity index (χ1n) is 10.5. The zero-order valence-corrected chi connectivity index (χ0v) is 14.6. The van der Waals surface area contributed by atoms with Gasteiger partial charge in [0.2, 0.25) is 0 Å². The van der Waals surface area contributed by atoms with Crippen molar-refractivity contribution in [3.8, 4) is 0 Å². The molecule has 0 aliphatic carbocycles. The van der Waals surface area contributed by atoms with Gasteiger partial charge in [0.05, 0.1) is 24.8 Å². The molecular formula is C21H26O5. The lowest BCUT2D eigenvalue weighted by atomic mass is 9.99. The smallest absolute Gasteiger partial charge is 0.186 e. The summed E-state index contributed by atoms with van der Waals surface area (Å²) < 4.78 is 52.7. The lowest BCUT2D eigenvalue weighted by Gasteiger charge is -2.42. The van der Waals surface area contributed by atoms with Gasteiger partial charge in [-0.3, -0.25) is 0 Å². The summed E-state index contributed by atoms with van der Waals surface area (Å²) in [6.45, 7) is 1.98. The van der Waals surface area contributed by atoms with Crippen molar-refractivity contribution in [1.82, 2.24) is 0 Å². The third-order valence-electron chi connectivity index (χ3n) is 4.30. The Morgan fingerprint density at radius 1 is 0.962 bits per heavy atom. The molecule has 1 N–H and O–H groups in total. The molecule has 1 fully saturated rings.